The topological polar surface area (TPSA) is 86.6 Å². The minimum Gasteiger partial charge on any atom is -0.394 e. The highest BCUT2D eigenvalue weighted by Gasteiger charge is 2.30. The third kappa shape index (κ3) is 7.53. The van der Waals surface area contributed by atoms with Crippen molar-refractivity contribution < 1.29 is 31.8 Å². The summed E-state index contributed by atoms with van der Waals surface area (Å²) in [6.45, 7) is -0.0572. The number of hydrogen-bond donors (Lipinski definition) is 3. The number of alkyl halides is 3. The first-order valence-corrected chi connectivity index (χ1v) is 6.49. The van der Waals surface area contributed by atoms with Gasteiger partial charge in [0.05, 0.1) is 24.5 Å². The number of halogens is 3. The average Bonchev–Trinajstić information content (AvgIpc) is 2.14. The molecular formula is C8H16F3NO4S. The Kier molecular flexibility index (Phi) is 5.85. The molecule has 0 radical (unpaired) electrons. The van der Waals surface area contributed by atoms with Crippen molar-refractivity contribution in [3.05, 3.63) is 0 Å². The van der Waals surface area contributed by atoms with Crippen LogP contribution in [0.5, 0.6) is 0 Å². The Labute approximate surface area is 97.7 Å². The molecule has 0 aliphatic rings. The maximum absolute atomic E-state index is 11.8. The lowest BCUT2D eigenvalue weighted by molar-refractivity contribution is -0.134. The summed E-state index contributed by atoms with van der Waals surface area (Å²) in [6, 6.07) is 0. The number of hydrogen-bond acceptors (Lipinski definition) is 4. The molecule has 0 bridgehead atoms. The van der Waals surface area contributed by atoms with E-state index in [-0.39, 0.29) is 0 Å². The molecule has 0 atom stereocenters. The lowest BCUT2D eigenvalue weighted by Gasteiger charge is -2.25. The van der Waals surface area contributed by atoms with E-state index >= 15 is 0 Å². The number of aliphatic hydroxyl groups excluding tert-OH is 2. The Bertz CT molecular complexity index is 324. The van der Waals surface area contributed by atoms with Gasteiger partial charge in [-0.25, -0.2) is 13.1 Å². The van der Waals surface area contributed by atoms with Crippen molar-refractivity contribution in [2.24, 2.45) is 0 Å². The molecule has 0 rings (SSSR count). The number of aliphatic hydroxyl groups is 2. The van der Waals surface area contributed by atoms with Crippen LogP contribution >= 0.6 is 0 Å². The summed E-state index contributed by atoms with van der Waals surface area (Å²) in [7, 11) is -3.96. The van der Waals surface area contributed by atoms with E-state index < -0.39 is 53.5 Å². The van der Waals surface area contributed by atoms with Gasteiger partial charge in [0, 0.05) is 6.42 Å². The molecule has 0 saturated carbocycles. The maximum Gasteiger partial charge on any atom is 0.389 e. The molecule has 0 saturated heterocycles. The van der Waals surface area contributed by atoms with Gasteiger partial charge in [-0.05, 0) is 13.3 Å². The SMILES string of the molecule is CC(CO)(CO)NS(=O)(=O)CCCC(F)(F)F. The van der Waals surface area contributed by atoms with Gasteiger partial charge in [-0.3, -0.25) is 0 Å². The van der Waals surface area contributed by atoms with Gasteiger partial charge in [-0.2, -0.15) is 13.2 Å². The lowest BCUT2D eigenvalue weighted by atomic mass is 10.1. The highest BCUT2D eigenvalue weighted by molar-refractivity contribution is 7.89. The van der Waals surface area contributed by atoms with Gasteiger partial charge in [0.1, 0.15) is 0 Å². The van der Waals surface area contributed by atoms with Crippen LogP contribution in [0.1, 0.15) is 19.8 Å². The summed E-state index contributed by atoms with van der Waals surface area (Å²) in [4.78, 5) is 0. The van der Waals surface area contributed by atoms with Crippen molar-refractivity contribution in [2.75, 3.05) is 19.0 Å². The van der Waals surface area contributed by atoms with E-state index in [0.717, 1.165) is 0 Å². The van der Waals surface area contributed by atoms with E-state index in [1.807, 2.05) is 4.72 Å². The fourth-order valence-electron chi connectivity index (χ4n) is 1.00. The first-order chi connectivity index (χ1) is 7.54. The largest absolute Gasteiger partial charge is 0.394 e. The van der Waals surface area contributed by atoms with Crippen LogP contribution in [0.15, 0.2) is 0 Å². The summed E-state index contributed by atoms with van der Waals surface area (Å²) in [5.41, 5.74) is -1.46. The van der Waals surface area contributed by atoms with Gasteiger partial charge in [0.2, 0.25) is 10.0 Å². The van der Waals surface area contributed by atoms with E-state index in [9.17, 15) is 21.6 Å². The predicted octanol–water partition coefficient (Wildman–Crippen LogP) is -0.00840. The van der Waals surface area contributed by atoms with Crippen molar-refractivity contribution in [3.63, 3.8) is 0 Å². The highest BCUT2D eigenvalue weighted by atomic mass is 32.2. The van der Waals surface area contributed by atoms with Crippen LogP contribution in [0.2, 0.25) is 0 Å². The lowest BCUT2D eigenvalue weighted by Crippen LogP contribution is -2.52. The van der Waals surface area contributed by atoms with E-state index in [4.69, 9.17) is 10.2 Å². The third-order valence-corrected chi connectivity index (χ3v) is 3.60. The summed E-state index contributed by atoms with van der Waals surface area (Å²) in [5.74, 6) is -0.706. The number of sulfonamides is 1. The van der Waals surface area contributed by atoms with Crippen molar-refractivity contribution in [2.45, 2.75) is 31.5 Å². The van der Waals surface area contributed by atoms with Crippen LogP contribution in [-0.2, 0) is 10.0 Å². The van der Waals surface area contributed by atoms with Crippen LogP contribution < -0.4 is 4.72 Å². The summed E-state index contributed by atoms with van der Waals surface area (Å²) < 4.78 is 60.1. The maximum atomic E-state index is 11.8. The number of rotatable bonds is 7. The molecule has 0 aliphatic carbocycles. The molecule has 0 aromatic heterocycles. The molecule has 0 aromatic carbocycles. The van der Waals surface area contributed by atoms with Crippen LogP contribution in [-0.4, -0.2) is 49.3 Å². The Morgan fingerprint density at radius 2 is 1.65 bits per heavy atom. The zero-order chi connectivity index (χ0) is 13.7. The summed E-state index contributed by atoms with van der Waals surface area (Å²) >= 11 is 0. The third-order valence-electron chi connectivity index (χ3n) is 1.97. The normalized spacial score (nSPS) is 14.0. The first kappa shape index (κ1) is 16.6. The number of nitrogens with one attached hydrogen (secondary N) is 1. The van der Waals surface area contributed by atoms with Crippen LogP contribution in [0.4, 0.5) is 13.2 Å². The monoisotopic (exact) mass is 279 g/mol. The molecule has 0 aliphatic heterocycles. The minimum absolute atomic E-state index is 0.564. The molecule has 0 amide bonds. The molecule has 0 fully saturated rings. The highest BCUT2D eigenvalue weighted by Crippen LogP contribution is 2.21. The Balaban J connectivity index is 4.31. The van der Waals surface area contributed by atoms with Crippen molar-refractivity contribution in [3.8, 4) is 0 Å². The van der Waals surface area contributed by atoms with E-state index in [1.54, 1.807) is 0 Å². The molecule has 0 aromatic rings. The summed E-state index contributed by atoms with van der Waals surface area (Å²) in [6.07, 6.45) is -6.15. The Morgan fingerprint density at radius 3 is 2.00 bits per heavy atom. The van der Waals surface area contributed by atoms with Gasteiger partial charge >= 0.3 is 6.18 Å². The smallest absolute Gasteiger partial charge is 0.389 e. The minimum atomic E-state index is -4.40. The van der Waals surface area contributed by atoms with Gasteiger partial charge < -0.3 is 10.2 Å². The fourth-order valence-corrected chi connectivity index (χ4v) is 2.51. The van der Waals surface area contributed by atoms with Crippen LogP contribution in [0.3, 0.4) is 0 Å². The van der Waals surface area contributed by atoms with Gasteiger partial charge in [-0.15, -0.1) is 0 Å². The molecule has 0 unspecified atom stereocenters. The second kappa shape index (κ2) is 5.98. The van der Waals surface area contributed by atoms with Crippen LogP contribution in [0.25, 0.3) is 0 Å². The van der Waals surface area contributed by atoms with E-state index in [1.165, 1.54) is 6.92 Å². The standard InChI is InChI=1S/C8H16F3NO4S/c1-7(5-13,6-14)12-17(15,16)4-2-3-8(9,10)11/h12-14H,2-6H2,1H3. The zero-order valence-corrected chi connectivity index (χ0v) is 10.1. The van der Waals surface area contributed by atoms with Crippen molar-refractivity contribution in [1.29, 1.82) is 0 Å². The van der Waals surface area contributed by atoms with Crippen molar-refractivity contribution >= 4 is 10.0 Å². The van der Waals surface area contributed by atoms with Gasteiger partial charge in [0.15, 0.2) is 0 Å². The predicted molar refractivity (Wildman–Crippen MR) is 54.8 cm³/mol. The average molecular weight is 279 g/mol. The van der Waals surface area contributed by atoms with Gasteiger partial charge in [-0.1, -0.05) is 0 Å². The molecule has 5 nitrogen and oxygen atoms in total. The van der Waals surface area contributed by atoms with Gasteiger partial charge in [0.25, 0.3) is 0 Å². The second-order valence-electron chi connectivity index (χ2n) is 4.02. The molecule has 17 heavy (non-hydrogen) atoms. The van der Waals surface area contributed by atoms with Crippen molar-refractivity contribution in [1.82, 2.24) is 4.72 Å². The zero-order valence-electron chi connectivity index (χ0n) is 9.29. The molecule has 0 heterocycles. The van der Waals surface area contributed by atoms with E-state index in [2.05, 4.69) is 0 Å². The van der Waals surface area contributed by atoms with E-state index in [0.29, 0.717) is 0 Å². The second-order valence-corrected chi connectivity index (χ2v) is 5.86. The molecule has 0 spiro atoms. The first-order valence-electron chi connectivity index (χ1n) is 4.84. The molecule has 3 N–H and O–H groups in total. The molecule has 104 valence electrons. The Morgan fingerprint density at radius 1 is 1.18 bits per heavy atom. The fraction of sp³-hybridized carbons (Fsp3) is 1.00. The Hall–Kier alpha value is -0.380. The van der Waals surface area contributed by atoms with Crippen LogP contribution in [0, 0.1) is 0 Å². The summed E-state index contributed by atoms with van der Waals surface area (Å²) in [5, 5.41) is 17.7. The quantitative estimate of drug-likeness (QED) is 0.612. The molecular weight excluding hydrogens is 263 g/mol. The molecule has 9 heteroatoms.